The highest BCUT2D eigenvalue weighted by atomic mass is 19.4. The average molecular weight is 607 g/mol. The number of halogens is 3. The molecule has 0 saturated carbocycles. The van der Waals surface area contributed by atoms with Crippen LogP contribution in [-0.2, 0) is 11.2 Å². The Hall–Kier alpha value is -4.66. The summed E-state index contributed by atoms with van der Waals surface area (Å²) in [5.41, 5.74) is 2.64. The highest BCUT2D eigenvalue weighted by Crippen LogP contribution is 2.15. The minimum absolute atomic E-state index is 0.0899. The molecule has 0 aliphatic rings. The Balaban J connectivity index is 0.000000821. The highest BCUT2D eigenvalue weighted by molar-refractivity contribution is 6.00. The molecule has 232 valence electrons. The fourth-order valence-corrected chi connectivity index (χ4v) is 3.42. The van der Waals surface area contributed by atoms with Crippen LogP contribution in [0.15, 0.2) is 78.9 Å². The Morgan fingerprint density at radius 1 is 0.884 bits per heavy atom. The van der Waals surface area contributed by atoms with Gasteiger partial charge in [0.15, 0.2) is 0 Å². The van der Waals surface area contributed by atoms with E-state index in [1.165, 1.54) is 0 Å². The zero-order chi connectivity index (χ0) is 31.8. The normalized spacial score (nSPS) is 12.1. The monoisotopic (exact) mass is 606 g/mol. The Morgan fingerprint density at radius 3 is 1.91 bits per heavy atom. The van der Waals surface area contributed by atoms with Gasteiger partial charge >= 0.3 is 18.2 Å². The van der Waals surface area contributed by atoms with E-state index in [0.29, 0.717) is 29.1 Å². The molecule has 14 heteroatoms. The number of nitrogens with one attached hydrogen (secondary N) is 4. The van der Waals surface area contributed by atoms with Crippen LogP contribution in [0.4, 0.5) is 29.3 Å². The molecule has 0 aliphatic heterocycles. The van der Waals surface area contributed by atoms with Crippen molar-refractivity contribution in [1.29, 1.82) is 0 Å². The van der Waals surface area contributed by atoms with Crippen LogP contribution in [0.5, 0.6) is 5.75 Å². The van der Waals surface area contributed by atoms with Crippen molar-refractivity contribution in [2.45, 2.75) is 24.7 Å². The maximum absolute atomic E-state index is 12.3. The van der Waals surface area contributed by atoms with Gasteiger partial charge in [0.2, 0.25) is 0 Å². The lowest BCUT2D eigenvalue weighted by Gasteiger charge is -2.19. The third-order valence-corrected chi connectivity index (χ3v) is 5.62. The molecule has 0 bridgehead atoms. The molecule has 3 aromatic carbocycles. The van der Waals surface area contributed by atoms with Crippen molar-refractivity contribution >= 4 is 29.3 Å². The fourth-order valence-electron chi connectivity index (χ4n) is 3.42. The first-order valence-electron chi connectivity index (χ1n) is 12.9. The SMILES string of the molecule is CNC(=O)c1ccc(NC(=O)Nc2ccc(C[C@@H](CO)NC[C@H](O)COc3ccccc3)cc2)cc1.O=C(O)C(F)(F)F. The topological polar surface area (TPSA) is 169 Å². The number of alkyl halides is 3. The number of amides is 3. The number of carboxylic acids is 1. The number of carbonyl (C=O) groups is 3. The summed E-state index contributed by atoms with van der Waals surface area (Å²) in [6.07, 6.45) is -5.25. The number of rotatable bonds is 12. The molecule has 43 heavy (non-hydrogen) atoms. The van der Waals surface area contributed by atoms with Crippen LogP contribution in [0, 0.1) is 0 Å². The van der Waals surface area contributed by atoms with Gasteiger partial charge in [-0.15, -0.1) is 0 Å². The van der Waals surface area contributed by atoms with Gasteiger partial charge in [0, 0.05) is 36.6 Å². The molecule has 0 saturated heterocycles. The molecule has 0 aliphatic carbocycles. The minimum atomic E-state index is -5.08. The maximum Gasteiger partial charge on any atom is 0.490 e. The predicted octanol–water partition coefficient (Wildman–Crippen LogP) is 3.26. The van der Waals surface area contributed by atoms with E-state index in [1.807, 2.05) is 42.5 Å². The Morgan fingerprint density at radius 2 is 1.42 bits per heavy atom. The first-order chi connectivity index (χ1) is 20.4. The number of ether oxygens (including phenoxy) is 1. The Kier molecular flexibility index (Phi) is 13.9. The molecule has 3 aromatic rings. The summed E-state index contributed by atoms with van der Waals surface area (Å²) >= 11 is 0. The second kappa shape index (κ2) is 17.3. The highest BCUT2D eigenvalue weighted by Gasteiger charge is 2.38. The van der Waals surface area contributed by atoms with E-state index in [4.69, 9.17) is 14.6 Å². The molecular formula is C29H33F3N4O7. The summed E-state index contributed by atoms with van der Waals surface area (Å²) in [4.78, 5) is 32.8. The smallest absolute Gasteiger partial charge is 0.490 e. The molecule has 7 N–H and O–H groups in total. The van der Waals surface area contributed by atoms with Crippen molar-refractivity contribution < 1.29 is 47.6 Å². The number of aliphatic hydroxyl groups excluding tert-OH is 2. The van der Waals surface area contributed by atoms with E-state index in [9.17, 15) is 33.0 Å². The number of aliphatic hydroxyl groups is 2. The number of anilines is 2. The fraction of sp³-hybridized carbons (Fsp3) is 0.276. The molecule has 11 nitrogen and oxygen atoms in total. The van der Waals surface area contributed by atoms with Crippen LogP contribution in [0.25, 0.3) is 0 Å². The second-order valence-electron chi connectivity index (χ2n) is 9.01. The Labute approximate surface area is 245 Å². The third-order valence-electron chi connectivity index (χ3n) is 5.62. The first-order valence-corrected chi connectivity index (χ1v) is 12.9. The molecular weight excluding hydrogens is 573 g/mol. The Bertz CT molecular complexity index is 1290. The van der Waals surface area contributed by atoms with Crippen LogP contribution in [0.2, 0.25) is 0 Å². The van der Waals surface area contributed by atoms with E-state index in [-0.39, 0.29) is 31.7 Å². The summed E-state index contributed by atoms with van der Waals surface area (Å²) in [7, 11) is 1.56. The van der Waals surface area contributed by atoms with Gasteiger partial charge in [0.1, 0.15) is 18.5 Å². The molecule has 0 heterocycles. The van der Waals surface area contributed by atoms with Crippen molar-refractivity contribution in [3.8, 4) is 5.75 Å². The molecule has 0 spiro atoms. The number of benzene rings is 3. The number of carboxylic acid groups (broad SMARTS) is 1. The third kappa shape index (κ3) is 13.2. The summed E-state index contributed by atoms with van der Waals surface area (Å²) in [6.45, 7) is 0.338. The predicted molar refractivity (Wildman–Crippen MR) is 153 cm³/mol. The summed E-state index contributed by atoms with van der Waals surface area (Å²) in [5, 5.41) is 38.2. The second-order valence-corrected chi connectivity index (χ2v) is 9.01. The van der Waals surface area contributed by atoms with Gasteiger partial charge in [-0.1, -0.05) is 30.3 Å². The van der Waals surface area contributed by atoms with E-state index >= 15 is 0 Å². The van der Waals surface area contributed by atoms with Gasteiger partial charge in [-0.05, 0) is 60.5 Å². The first kappa shape index (κ1) is 34.5. The lowest BCUT2D eigenvalue weighted by atomic mass is 10.1. The quantitative estimate of drug-likeness (QED) is 0.165. The van der Waals surface area contributed by atoms with Crippen LogP contribution in [0.3, 0.4) is 0 Å². The number of hydrogen-bond donors (Lipinski definition) is 7. The minimum Gasteiger partial charge on any atom is -0.491 e. The van der Waals surface area contributed by atoms with E-state index in [0.717, 1.165) is 5.56 Å². The van der Waals surface area contributed by atoms with Crippen LogP contribution >= 0.6 is 0 Å². The zero-order valence-electron chi connectivity index (χ0n) is 23.1. The lowest BCUT2D eigenvalue weighted by molar-refractivity contribution is -0.192. The van der Waals surface area contributed by atoms with Crippen molar-refractivity contribution in [3.63, 3.8) is 0 Å². The van der Waals surface area contributed by atoms with E-state index < -0.39 is 24.3 Å². The number of hydrogen-bond acceptors (Lipinski definition) is 7. The summed E-state index contributed by atoms with van der Waals surface area (Å²) in [5.74, 6) is -2.26. The molecule has 0 aromatic heterocycles. The number of aliphatic carboxylic acids is 1. The van der Waals surface area contributed by atoms with Gasteiger partial charge in [-0.3, -0.25) is 4.79 Å². The van der Waals surface area contributed by atoms with Crippen LogP contribution in [0.1, 0.15) is 15.9 Å². The molecule has 3 amide bonds. The average Bonchev–Trinajstić information content (AvgIpc) is 2.99. The molecule has 0 fully saturated rings. The van der Waals surface area contributed by atoms with Crippen molar-refractivity contribution in [3.05, 3.63) is 90.0 Å². The van der Waals surface area contributed by atoms with Gasteiger partial charge < -0.3 is 41.3 Å². The van der Waals surface area contributed by atoms with Gasteiger partial charge in [0.25, 0.3) is 5.91 Å². The lowest BCUT2D eigenvalue weighted by Crippen LogP contribution is -2.41. The molecule has 0 radical (unpaired) electrons. The number of urea groups is 1. The maximum atomic E-state index is 12.3. The zero-order valence-corrected chi connectivity index (χ0v) is 23.1. The molecule has 0 unspecified atom stereocenters. The van der Waals surface area contributed by atoms with Crippen LogP contribution < -0.4 is 26.0 Å². The van der Waals surface area contributed by atoms with E-state index in [1.54, 1.807) is 43.4 Å². The largest absolute Gasteiger partial charge is 0.491 e. The van der Waals surface area contributed by atoms with Crippen molar-refractivity contribution in [1.82, 2.24) is 10.6 Å². The number of carbonyl (C=O) groups excluding carboxylic acids is 2. The van der Waals surface area contributed by atoms with Gasteiger partial charge in [-0.2, -0.15) is 13.2 Å². The molecule has 2 atom stereocenters. The number of para-hydroxylation sites is 1. The summed E-state index contributed by atoms with van der Waals surface area (Å²) < 4.78 is 37.3. The van der Waals surface area contributed by atoms with Crippen LogP contribution in [-0.4, -0.2) is 78.4 Å². The van der Waals surface area contributed by atoms with Crippen molar-refractivity contribution in [2.75, 3.05) is 37.4 Å². The van der Waals surface area contributed by atoms with Gasteiger partial charge in [0.05, 0.1) is 6.61 Å². The standard InChI is InChI=1S/C27H32N4O5.C2HF3O2/c1-28-26(34)20-9-13-22(14-10-20)31-27(35)30-21-11-7-19(8-12-21)15-23(17-32)29-16-24(33)18-36-25-5-3-2-4-6-25;3-2(4,5)1(6)7/h2-14,23-24,29,32-33H,15-18H2,1H3,(H,28,34)(H2,30,31,35);(H,6,7)/t23-,24-;/m0./s1. The van der Waals surface area contributed by atoms with Gasteiger partial charge in [-0.25, -0.2) is 9.59 Å². The molecule has 3 rings (SSSR count). The summed E-state index contributed by atoms with van der Waals surface area (Å²) in [6, 6.07) is 22.5. The van der Waals surface area contributed by atoms with Crippen molar-refractivity contribution in [2.24, 2.45) is 0 Å². The van der Waals surface area contributed by atoms with E-state index in [2.05, 4.69) is 21.3 Å².